The third-order valence-electron chi connectivity index (χ3n) is 8.59. The fourth-order valence-electron chi connectivity index (χ4n) is 6.55. The number of rotatable bonds is 3. The number of hydrogen-bond acceptors (Lipinski definition) is 2. The Labute approximate surface area is 248 Å². The highest BCUT2D eigenvalue weighted by atomic mass is 15.2. The SMILES string of the molecule is c1ccc(-c2cc(-c3ccccc3)nc(-n3c4ccccc4c4cc5c(ccc6c7ccccc7ccc56)cc43)n2)cc1. The summed E-state index contributed by atoms with van der Waals surface area (Å²) in [6, 6.07) is 53.7. The Bertz CT molecular complexity index is 2440. The van der Waals surface area contributed by atoms with Crippen molar-refractivity contribution in [3.8, 4) is 28.5 Å². The molecule has 0 radical (unpaired) electrons. The van der Waals surface area contributed by atoms with Crippen LogP contribution in [0, 0.1) is 0 Å². The van der Waals surface area contributed by atoms with Gasteiger partial charge < -0.3 is 0 Å². The highest BCUT2D eigenvalue weighted by Gasteiger charge is 2.18. The lowest BCUT2D eigenvalue weighted by atomic mass is 9.96. The van der Waals surface area contributed by atoms with Crippen molar-refractivity contribution in [2.45, 2.75) is 0 Å². The van der Waals surface area contributed by atoms with Crippen LogP contribution in [0.4, 0.5) is 0 Å². The Morgan fingerprint density at radius 2 is 0.930 bits per heavy atom. The third kappa shape index (κ3) is 3.75. The van der Waals surface area contributed by atoms with Crippen LogP contribution in [-0.2, 0) is 0 Å². The summed E-state index contributed by atoms with van der Waals surface area (Å²) in [5, 5.41) is 9.92. The van der Waals surface area contributed by atoms with Crippen LogP contribution in [0.15, 0.2) is 152 Å². The summed E-state index contributed by atoms with van der Waals surface area (Å²) in [7, 11) is 0. The molecular weight excluding hydrogens is 522 g/mol. The van der Waals surface area contributed by atoms with Gasteiger partial charge in [0.05, 0.1) is 22.4 Å². The number of fused-ring (bicyclic) bond motifs is 8. The Kier molecular flexibility index (Phi) is 5.20. The number of benzene rings is 7. The molecule has 0 aliphatic carbocycles. The minimum absolute atomic E-state index is 0.664. The van der Waals surface area contributed by atoms with Gasteiger partial charge in [-0.05, 0) is 56.6 Å². The standard InChI is InChI=1S/C40H25N3/c1-3-12-27(13-4-1)36-25-37(28-14-5-2-6-15-28)42-40(41-36)43-38-18-10-9-17-33(38)35-24-34-29(23-39(35)43)20-22-31-30-16-8-7-11-26(30)19-21-32(31)34/h1-25H. The molecule has 0 saturated carbocycles. The average molecular weight is 548 g/mol. The van der Waals surface area contributed by atoms with Crippen molar-refractivity contribution in [1.82, 2.24) is 14.5 Å². The molecule has 0 bridgehead atoms. The molecule has 3 nitrogen and oxygen atoms in total. The molecule has 0 saturated heterocycles. The lowest BCUT2D eigenvalue weighted by molar-refractivity contribution is 0.996. The zero-order valence-corrected chi connectivity index (χ0v) is 23.3. The van der Waals surface area contributed by atoms with E-state index in [-0.39, 0.29) is 0 Å². The summed E-state index contributed by atoms with van der Waals surface area (Å²) in [5.41, 5.74) is 6.11. The molecule has 7 aromatic carbocycles. The van der Waals surface area contributed by atoms with E-state index in [2.05, 4.69) is 144 Å². The molecule has 0 aliphatic rings. The zero-order valence-electron chi connectivity index (χ0n) is 23.3. The Morgan fingerprint density at radius 3 is 1.65 bits per heavy atom. The number of aromatic nitrogens is 3. The van der Waals surface area contributed by atoms with Crippen molar-refractivity contribution in [1.29, 1.82) is 0 Å². The lowest BCUT2D eigenvalue weighted by Crippen LogP contribution is -2.04. The van der Waals surface area contributed by atoms with Gasteiger partial charge in [0.15, 0.2) is 0 Å². The van der Waals surface area contributed by atoms with E-state index in [4.69, 9.17) is 9.97 Å². The van der Waals surface area contributed by atoms with E-state index in [0.717, 1.165) is 33.5 Å². The molecule has 200 valence electrons. The molecule has 9 aromatic rings. The summed E-state index contributed by atoms with van der Waals surface area (Å²) in [4.78, 5) is 10.4. The van der Waals surface area contributed by atoms with Gasteiger partial charge in [-0.2, -0.15) is 0 Å². The topological polar surface area (TPSA) is 30.7 Å². The smallest absolute Gasteiger partial charge is 0.235 e. The van der Waals surface area contributed by atoms with Gasteiger partial charge in [0.2, 0.25) is 5.95 Å². The molecule has 0 unspecified atom stereocenters. The molecule has 0 amide bonds. The van der Waals surface area contributed by atoms with Gasteiger partial charge in [-0.3, -0.25) is 4.57 Å². The van der Waals surface area contributed by atoms with Gasteiger partial charge in [-0.15, -0.1) is 0 Å². The van der Waals surface area contributed by atoms with Crippen LogP contribution >= 0.6 is 0 Å². The largest absolute Gasteiger partial charge is 0.278 e. The monoisotopic (exact) mass is 547 g/mol. The predicted octanol–water partition coefficient (Wildman–Crippen LogP) is 10.4. The molecule has 3 heteroatoms. The second kappa shape index (κ2) is 9.37. The van der Waals surface area contributed by atoms with Crippen molar-refractivity contribution in [2.75, 3.05) is 0 Å². The maximum atomic E-state index is 5.19. The van der Waals surface area contributed by atoms with E-state index >= 15 is 0 Å². The van der Waals surface area contributed by atoms with E-state index < -0.39 is 0 Å². The van der Waals surface area contributed by atoms with E-state index in [1.807, 2.05) is 12.1 Å². The van der Waals surface area contributed by atoms with E-state index in [9.17, 15) is 0 Å². The normalized spacial score (nSPS) is 11.7. The van der Waals surface area contributed by atoms with Gasteiger partial charge in [-0.25, -0.2) is 9.97 Å². The van der Waals surface area contributed by atoms with E-state index in [1.165, 1.54) is 43.1 Å². The van der Waals surface area contributed by atoms with Crippen molar-refractivity contribution < 1.29 is 0 Å². The molecule has 0 atom stereocenters. The second-order valence-electron chi connectivity index (χ2n) is 11.1. The Balaban J connectivity index is 1.37. The van der Waals surface area contributed by atoms with Crippen LogP contribution in [0.2, 0.25) is 0 Å². The minimum atomic E-state index is 0.664. The molecule has 0 N–H and O–H groups in total. The van der Waals surface area contributed by atoms with Gasteiger partial charge in [-0.1, -0.05) is 127 Å². The van der Waals surface area contributed by atoms with E-state index in [1.54, 1.807) is 0 Å². The number of nitrogens with zero attached hydrogens (tertiary/aromatic N) is 3. The van der Waals surface area contributed by atoms with E-state index in [0.29, 0.717) is 5.95 Å². The van der Waals surface area contributed by atoms with Crippen LogP contribution in [0.3, 0.4) is 0 Å². The number of hydrogen-bond donors (Lipinski definition) is 0. The predicted molar refractivity (Wildman–Crippen MR) is 180 cm³/mol. The summed E-state index contributed by atoms with van der Waals surface area (Å²) in [6.07, 6.45) is 0. The van der Waals surface area contributed by atoms with Gasteiger partial charge in [0.25, 0.3) is 0 Å². The summed E-state index contributed by atoms with van der Waals surface area (Å²) < 4.78 is 2.23. The lowest BCUT2D eigenvalue weighted by Gasteiger charge is -2.12. The molecule has 9 rings (SSSR count). The Morgan fingerprint density at radius 1 is 0.349 bits per heavy atom. The molecule has 2 aromatic heterocycles. The zero-order chi connectivity index (χ0) is 28.3. The minimum Gasteiger partial charge on any atom is -0.278 e. The average Bonchev–Trinajstić information content (AvgIpc) is 3.41. The maximum Gasteiger partial charge on any atom is 0.235 e. The maximum absolute atomic E-state index is 5.19. The highest BCUT2D eigenvalue weighted by molar-refractivity contribution is 6.22. The molecule has 0 aliphatic heterocycles. The Hall–Kier alpha value is -5.80. The van der Waals surface area contributed by atoms with Crippen LogP contribution in [0.25, 0.3) is 82.6 Å². The molecule has 0 fully saturated rings. The van der Waals surface area contributed by atoms with Gasteiger partial charge >= 0.3 is 0 Å². The first kappa shape index (κ1) is 23.9. The molecule has 0 spiro atoms. The van der Waals surface area contributed by atoms with Crippen LogP contribution < -0.4 is 0 Å². The van der Waals surface area contributed by atoms with Crippen molar-refractivity contribution in [3.63, 3.8) is 0 Å². The van der Waals surface area contributed by atoms with Crippen LogP contribution in [-0.4, -0.2) is 14.5 Å². The summed E-state index contributed by atoms with van der Waals surface area (Å²) in [6.45, 7) is 0. The third-order valence-corrected chi connectivity index (χ3v) is 8.59. The highest BCUT2D eigenvalue weighted by Crippen LogP contribution is 2.38. The van der Waals surface area contributed by atoms with Gasteiger partial charge in [0, 0.05) is 21.9 Å². The van der Waals surface area contributed by atoms with Crippen LogP contribution in [0.5, 0.6) is 0 Å². The first-order chi connectivity index (χ1) is 21.3. The fraction of sp³-hybridized carbons (Fsp3) is 0. The second-order valence-corrected chi connectivity index (χ2v) is 11.1. The van der Waals surface area contributed by atoms with Crippen molar-refractivity contribution in [2.24, 2.45) is 0 Å². The fourth-order valence-corrected chi connectivity index (χ4v) is 6.55. The summed E-state index contributed by atoms with van der Waals surface area (Å²) >= 11 is 0. The molecule has 43 heavy (non-hydrogen) atoms. The van der Waals surface area contributed by atoms with Crippen LogP contribution in [0.1, 0.15) is 0 Å². The molecule has 2 heterocycles. The number of para-hydroxylation sites is 1. The van der Waals surface area contributed by atoms with Crippen molar-refractivity contribution >= 4 is 54.1 Å². The quantitative estimate of drug-likeness (QED) is 0.206. The molecular formula is C40H25N3. The van der Waals surface area contributed by atoms with Crippen molar-refractivity contribution in [3.05, 3.63) is 152 Å². The van der Waals surface area contributed by atoms with Gasteiger partial charge in [0.1, 0.15) is 0 Å². The first-order valence-corrected chi connectivity index (χ1v) is 14.6. The summed E-state index contributed by atoms with van der Waals surface area (Å²) in [5.74, 6) is 0.664. The first-order valence-electron chi connectivity index (χ1n) is 14.6.